The molecule has 1 aliphatic heterocycles. The van der Waals surface area contributed by atoms with E-state index in [4.69, 9.17) is 4.74 Å². The highest BCUT2D eigenvalue weighted by Gasteiger charge is 2.26. The van der Waals surface area contributed by atoms with Crippen molar-refractivity contribution in [3.05, 3.63) is 29.8 Å². The van der Waals surface area contributed by atoms with Crippen molar-refractivity contribution in [2.24, 2.45) is 5.92 Å². The number of hydrogen-bond acceptors (Lipinski definition) is 1. The van der Waals surface area contributed by atoms with Gasteiger partial charge in [0.1, 0.15) is 11.9 Å². The Morgan fingerprint density at radius 2 is 2.12 bits per heavy atom. The normalized spacial score (nSPS) is 25.1. The summed E-state index contributed by atoms with van der Waals surface area (Å²) in [6, 6.07) is 9.21. The lowest BCUT2D eigenvalue weighted by Crippen LogP contribution is -2.19. The third-order valence-electron chi connectivity index (χ3n) is 3.97. The molecule has 1 aromatic rings. The van der Waals surface area contributed by atoms with Gasteiger partial charge in [0.25, 0.3) is 0 Å². The summed E-state index contributed by atoms with van der Waals surface area (Å²) in [7, 11) is 0. The van der Waals surface area contributed by atoms with Gasteiger partial charge in [0.05, 0.1) is 0 Å². The molecule has 0 N–H and O–H groups in total. The Morgan fingerprint density at radius 1 is 1.25 bits per heavy atom. The Kier molecular flexibility index (Phi) is 2.86. The topological polar surface area (TPSA) is 9.23 Å². The van der Waals surface area contributed by atoms with E-state index in [1.54, 1.807) is 0 Å². The average Bonchev–Trinajstić information content (AvgIpc) is 2.72. The summed E-state index contributed by atoms with van der Waals surface area (Å²) in [4.78, 5) is 0. The second-order valence-corrected chi connectivity index (χ2v) is 5.22. The Labute approximate surface area is 97.8 Å². The molecule has 0 bridgehead atoms. The molecule has 3 rings (SSSR count). The molecule has 1 fully saturated rings. The third kappa shape index (κ3) is 2.09. The lowest BCUT2D eigenvalue weighted by molar-refractivity contribution is 0.175. The van der Waals surface area contributed by atoms with Gasteiger partial charge in [-0.1, -0.05) is 38.2 Å². The number of rotatable bonds is 2. The van der Waals surface area contributed by atoms with Gasteiger partial charge in [-0.05, 0) is 36.1 Å². The van der Waals surface area contributed by atoms with Crippen LogP contribution in [0.4, 0.5) is 0 Å². The molecule has 16 heavy (non-hydrogen) atoms. The molecule has 0 saturated heterocycles. The van der Waals surface area contributed by atoms with Crippen LogP contribution in [0.5, 0.6) is 5.75 Å². The van der Waals surface area contributed by atoms with Crippen molar-refractivity contribution in [2.45, 2.75) is 51.0 Å². The maximum atomic E-state index is 5.99. The fourth-order valence-corrected chi connectivity index (χ4v) is 3.12. The standard InChI is InChI=1S/C15H19O/c1-2-6-12(7-3-1)10-14-11-13-8-4-5-9-15(13)16-14/h5,8-9,12,14H,1-3,6-7,10-11H2. The summed E-state index contributed by atoms with van der Waals surface area (Å²) in [6.45, 7) is 0. The minimum atomic E-state index is 0.439. The first-order valence-electron chi connectivity index (χ1n) is 6.57. The Bertz CT molecular complexity index is 327. The Morgan fingerprint density at radius 3 is 2.94 bits per heavy atom. The summed E-state index contributed by atoms with van der Waals surface area (Å²) in [5, 5.41) is 0. The van der Waals surface area contributed by atoms with Crippen molar-refractivity contribution >= 4 is 0 Å². The van der Waals surface area contributed by atoms with Crippen LogP contribution >= 0.6 is 0 Å². The summed E-state index contributed by atoms with van der Waals surface area (Å²) >= 11 is 0. The van der Waals surface area contributed by atoms with Gasteiger partial charge in [-0.15, -0.1) is 0 Å². The van der Waals surface area contributed by atoms with Crippen molar-refractivity contribution in [2.75, 3.05) is 0 Å². The van der Waals surface area contributed by atoms with E-state index in [9.17, 15) is 0 Å². The molecule has 1 aliphatic carbocycles. The van der Waals surface area contributed by atoms with E-state index in [0.717, 1.165) is 18.1 Å². The first kappa shape index (κ1) is 10.2. The largest absolute Gasteiger partial charge is 0.490 e. The van der Waals surface area contributed by atoms with E-state index >= 15 is 0 Å². The van der Waals surface area contributed by atoms with E-state index in [-0.39, 0.29) is 0 Å². The zero-order chi connectivity index (χ0) is 10.8. The Balaban J connectivity index is 1.59. The Hall–Kier alpha value is -0.980. The molecular formula is C15H19O. The maximum Gasteiger partial charge on any atom is 0.123 e. The molecule has 0 aromatic heterocycles. The van der Waals surface area contributed by atoms with Crippen LogP contribution < -0.4 is 4.74 Å². The van der Waals surface area contributed by atoms with Crippen LogP contribution in [0.3, 0.4) is 0 Å². The van der Waals surface area contributed by atoms with Crippen LogP contribution in [0.1, 0.15) is 44.1 Å². The minimum absolute atomic E-state index is 0.439. The molecule has 1 radical (unpaired) electrons. The van der Waals surface area contributed by atoms with Gasteiger partial charge in [-0.25, -0.2) is 0 Å². The number of hydrogen-bond donors (Lipinski definition) is 0. The van der Waals surface area contributed by atoms with E-state index in [1.165, 1.54) is 44.1 Å². The zero-order valence-electron chi connectivity index (χ0n) is 9.74. The van der Waals surface area contributed by atoms with Gasteiger partial charge in [0.2, 0.25) is 0 Å². The van der Waals surface area contributed by atoms with Gasteiger partial charge < -0.3 is 4.74 Å². The molecule has 85 valence electrons. The second-order valence-electron chi connectivity index (χ2n) is 5.22. The quantitative estimate of drug-likeness (QED) is 0.730. The monoisotopic (exact) mass is 215 g/mol. The van der Waals surface area contributed by atoms with Crippen molar-refractivity contribution in [3.8, 4) is 5.75 Å². The molecule has 1 nitrogen and oxygen atoms in total. The SMILES string of the molecule is [c]1ccc2c(c1)CC(CC1CCCCC1)O2. The summed E-state index contributed by atoms with van der Waals surface area (Å²) in [6.07, 6.45) is 9.93. The van der Waals surface area contributed by atoms with Crippen molar-refractivity contribution in [1.29, 1.82) is 0 Å². The molecule has 0 spiro atoms. The number of ether oxygens (including phenoxy) is 1. The molecule has 1 atom stereocenters. The van der Waals surface area contributed by atoms with Gasteiger partial charge in [-0.3, -0.25) is 0 Å². The van der Waals surface area contributed by atoms with Gasteiger partial charge in [-0.2, -0.15) is 0 Å². The third-order valence-corrected chi connectivity index (χ3v) is 3.97. The van der Waals surface area contributed by atoms with Crippen LogP contribution in [-0.2, 0) is 6.42 Å². The lowest BCUT2D eigenvalue weighted by Gasteiger charge is -2.24. The molecule has 1 heteroatoms. The van der Waals surface area contributed by atoms with Crippen LogP contribution in [0.25, 0.3) is 0 Å². The smallest absolute Gasteiger partial charge is 0.123 e. The molecule has 1 unspecified atom stereocenters. The van der Waals surface area contributed by atoms with Crippen LogP contribution in [0.15, 0.2) is 18.2 Å². The van der Waals surface area contributed by atoms with Crippen LogP contribution in [0, 0.1) is 12.0 Å². The maximum absolute atomic E-state index is 5.99. The van der Waals surface area contributed by atoms with E-state index in [2.05, 4.69) is 18.2 Å². The molecular weight excluding hydrogens is 196 g/mol. The molecule has 1 aromatic carbocycles. The van der Waals surface area contributed by atoms with Crippen LogP contribution in [0.2, 0.25) is 0 Å². The highest BCUT2D eigenvalue weighted by molar-refractivity contribution is 5.36. The number of fused-ring (bicyclic) bond motifs is 1. The fourth-order valence-electron chi connectivity index (χ4n) is 3.12. The van der Waals surface area contributed by atoms with E-state index in [0.29, 0.717) is 6.10 Å². The predicted octanol–water partition coefficient (Wildman–Crippen LogP) is 3.76. The van der Waals surface area contributed by atoms with E-state index < -0.39 is 0 Å². The first-order chi connectivity index (χ1) is 7.92. The van der Waals surface area contributed by atoms with Gasteiger partial charge >= 0.3 is 0 Å². The summed E-state index contributed by atoms with van der Waals surface area (Å²) < 4.78 is 5.99. The average molecular weight is 215 g/mol. The first-order valence-corrected chi connectivity index (χ1v) is 6.57. The lowest BCUT2D eigenvalue weighted by atomic mass is 9.85. The summed E-state index contributed by atoms with van der Waals surface area (Å²) in [5.41, 5.74) is 1.35. The highest BCUT2D eigenvalue weighted by Crippen LogP contribution is 2.34. The van der Waals surface area contributed by atoms with Crippen molar-refractivity contribution < 1.29 is 4.74 Å². The number of benzene rings is 1. The minimum Gasteiger partial charge on any atom is -0.490 e. The van der Waals surface area contributed by atoms with Gasteiger partial charge in [0, 0.05) is 6.42 Å². The predicted molar refractivity (Wildman–Crippen MR) is 64.6 cm³/mol. The highest BCUT2D eigenvalue weighted by atomic mass is 16.5. The second kappa shape index (κ2) is 4.48. The molecule has 1 saturated carbocycles. The fraction of sp³-hybridized carbons (Fsp3) is 0.600. The van der Waals surface area contributed by atoms with Crippen molar-refractivity contribution in [3.63, 3.8) is 0 Å². The zero-order valence-corrected chi connectivity index (χ0v) is 9.74. The van der Waals surface area contributed by atoms with E-state index in [1.807, 2.05) is 6.07 Å². The molecule has 1 heterocycles. The molecule has 2 aliphatic rings. The molecule has 0 amide bonds. The summed E-state index contributed by atoms with van der Waals surface area (Å²) in [5.74, 6) is 2.01. The van der Waals surface area contributed by atoms with Gasteiger partial charge in [0.15, 0.2) is 0 Å². The van der Waals surface area contributed by atoms with Crippen molar-refractivity contribution in [1.82, 2.24) is 0 Å². The van der Waals surface area contributed by atoms with Crippen LogP contribution in [-0.4, -0.2) is 6.10 Å².